The molecule has 4 aromatic carbocycles. The van der Waals surface area contributed by atoms with Crippen LogP contribution in [0.2, 0.25) is 0 Å². The van der Waals surface area contributed by atoms with Gasteiger partial charge in [-0.05, 0) is 226 Å². The zero-order chi connectivity index (χ0) is 69.2. The molecule has 18 nitrogen and oxygen atoms in total. The molecule has 19 heteroatoms. The first-order valence-corrected chi connectivity index (χ1v) is 34.6. The van der Waals surface area contributed by atoms with Gasteiger partial charge in [-0.15, -0.1) is 12.4 Å². The number of para-hydroxylation sites is 2. The van der Waals surface area contributed by atoms with Gasteiger partial charge in [-0.25, -0.2) is 24.5 Å². The molecule has 0 aliphatic carbocycles. The fourth-order valence-corrected chi connectivity index (χ4v) is 14.0. The lowest BCUT2D eigenvalue weighted by Gasteiger charge is -2.40. The van der Waals surface area contributed by atoms with Gasteiger partial charge in [0.15, 0.2) is 0 Å². The number of carbonyl (C=O) groups is 3. The van der Waals surface area contributed by atoms with Crippen LogP contribution < -0.4 is 29.8 Å². The number of hydrogen-bond donors (Lipinski definition) is 2. The van der Waals surface area contributed by atoms with Crippen molar-refractivity contribution in [2.45, 2.75) is 146 Å². The van der Waals surface area contributed by atoms with Crippen molar-refractivity contribution in [1.29, 1.82) is 10.5 Å². The number of carboxylic acids is 1. The minimum atomic E-state index is -0.855. The highest BCUT2D eigenvalue weighted by Gasteiger charge is 2.33. The summed E-state index contributed by atoms with van der Waals surface area (Å²) >= 11 is 0. The predicted octanol–water partition coefficient (Wildman–Crippen LogP) is 14.8. The molecule has 0 saturated carbocycles. The summed E-state index contributed by atoms with van der Waals surface area (Å²) in [4.78, 5) is 65.7. The Morgan fingerprint density at radius 1 is 0.530 bits per heavy atom. The molecule has 0 bridgehead atoms. The maximum atomic E-state index is 13.7. The molecule has 2 N–H and O–H groups in total. The molecule has 5 saturated heterocycles. The standard InChI is InChI=1S/C32H37N5O.C22H24N2O2.C15H23N3O2.C10H15N3.2CH4.ClH/c1-23-18-24(2)29(32(38)36-16-17-37(25(3)22-36)31-10-6-7-13-34-31)20-28(23)19-26-11-14-35(15-12-26)30-9-5-4-8-27(30)21-33;1-15-11-16(2)20(22(25)26)13-19(15)12-17-7-9-24(10-8-17)21-6-4-3-5-18(21)14-23;1-12-11-17(14(19)20-15(2,3)4)9-10-18(12)13-7-5-6-8-16-13;1-9-8-11-6-7-13(9)10-4-2-3-5-12-10;;;/h4-10,13,18,20,25-26H,11-12,14-17,19,22H2,1-3H3;3-6,11,13,17H,7-10,12H2,1-2H3,(H,25,26);5-8,12H,9-11H2,1-4H3;2-5,9,11H,6-8H2,1H3;2*1H4;1H/t25-;;12-;9-;;;/m1.11.../s1. The van der Waals surface area contributed by atoms with E-state index in [1.807, 2.05) is 148 Å². The van der Waals surface area contributed by atoms with Gasteiger partial charge in [-0.3, -0.25) is 4.79 Å². The zero-order valence-corrected chi connectivity index (χ0v) is 59.8. The topological polar surface area (TPSA) is 202 Å². The molecular weight excluding hydrogens is 1270 g/mol. The lowest BCUT2D eigenvalue weighted by Crippen LogP contribution is -2.54. The summed E-state index contributed by atoms with van der Waals surface area (Å²) < 4.78 is 5.42. The number of aromatic nitrogens is 3. The molecule has 534 valence electrons. The second kappa shape index (κ2) is 37.8. The highest BCUT2D eigenvalue weighted by Crippen LogP contribution is 2.33. The van der Waals surface area contributed by atoms with Crippen LogP contribution >= 0.6 is 12.4 Å². The van der Waals surface area contributed by atoms with E-state index in [1.165, 1.54) is 16.7 Å². The molecule has 3 atom stereocenters. The molecule has 2 amide bonds. The Morgan fingerprint density at radius 3 is 1.33 bits per heavy atom. The van der Waals surface area contributed by atoms with Crippen LogP contribution in [0.15, 0.2) is 146 Å². The summed E-state index contributed by atoms with van der Waals surface area (Å²) in [5.74, 6) is 3.43. The van der Waals surface area contributed by atoms with Gasteiger partial charge >= 0.3 is 12.1 Å². The molecule has 5 aliphatic heterocycles. The predicted molar refractivity (Wildman–Crippen MR) is 409 cm³/mol. The van der Waals surface area contributed by atoms with Gasteiger partial charge in [0.2, 0.25) is 0 Å². The normalized spacial score (nSPS) is 17.8. The number of pyridine rings is 3. The van der Waals surface area contributed by atoms with Crippen LogP contribution in [0.1, 0.15) is 147 Å². The Morgan fingerprint density at radius 2 is 0.930 bits per heavy atom. The molecule has 0 unspecified atom stereocenters. The average Bonchev–Trinajstić information content (AvgIpc) is 0.808. The third-order valence-electron chi connectivity index (χ3n) is 19.3. The Labute approximate surface area is 602 Å². The van der Waals surface area contributed by atoms with E-state index < -0.39 is 11.6 Å². The second-order valence-electron chi connectivity index (χ2n) is 27.6. The number of halogens is 1. The third kappa shape index (κ3) is 21.4. The number of rotatable bonds is 11. The first-order chi connectivity index (χ1) is 46.7. The molecule has 12 rings (SSSR count). The summed E-state index contributed by atoms with van der Waals surface area (Å²) in [7, 11) is 0. The molecule has 7 aromatic rings. The Bertz CT molecular complexity index is 3830. The quantitative estimate of drug-likeness (QED) is 0.124. The summed E-state index contributed by atoms with van der Waals surface area (Å²) in [5, 5.41) is 31.5. The van der Waals surface area contributed by atoms with Crippen LogP contribution in [-0.4, -0.2) is 157 Å². The van der Waals surface area contributed by atoms with E-state index in [2.05, 4.69) is 123 Å². The minimum Gasteiger partial charge on any atom is -0.478 e. The molecule has 5 aliphatic rings. The fraction of sp³-hybridized carbons (Fsp3) is 0.457. The number of anilines is 5. The molecule has 0 radical (unpaired) electrons. The van der Waals surface area contributed by atoms with Crippen LogP contribution in [0.25, 0.3) is 0 Å². The van der Waals surface area contributed by atoms with Gasteiger partial charge < -0.3 is 49.5 Å². The van der Waals surface area contributed by atoms with Crippen molar-refractivity contribution in [3.05, 3.63) is 202 Å². The SMILES string of the molecule is C.C.C[C@@H]1CN(C(=O)OC(C)(C)C)CCN1c1ccccn1.C[C@@H]1CNCCN1c1ccccn1.Cc1cc(C)c(C(=O)N2CCN(c3ccccn3)[C@H](C)C2)cc1CC1CCN(c2ccccc2C#N)CC1.Cc1cc(C)c(C(=O)O)cc1CC1CCN(c2ccccc2C#N)CC1.Cl. The van der Waals surface area contributed by atoms with Gasteiger partial charge in [0.25, 0.3) is 5.91 Å². The van der Waals surface area contributed by atoms with Crippen LogP contribution in [0.3, 0.4) is 0 Å². The lowest BCUT2D eigenvalue weighted by atomic mass is 9.86. The Balaban J connectivity index is 0.000000222. The van der Waals surface area contributed by atoms with Crippen LogP contribution in [0.4, 0.5) is 33.6 Å². The van der Waals surface area contributed by atoms with E-state index in [0.29, 0.717) is 49.6 Å². The van der Waals surface area contributed by atoms with Crippen molar-refractivity contribution in [3.8, 4) is 12.1 Å². The number of aromatic carboxylic acids is 1. The molecule has 100 heavy (non-hydrogen) atoms. The van der Waals surface area contributed by atoms with E-state index in [0.717, 1.165) is 160 Å². The van der Waals surface area contributed by atoms with Crippen LogP contribution in [-0.2, 0) is 17.6 Å². The maximum Gasteiger partial charge on any atom is 0.410 e. The molecule has 8 heterocycles. The number of nitrogens with zero attached hydrogens (tertiary/aromatic N) is 12. The molecular formula is C81H108ClN13O5. The zero-order valence-electron chi connectivity index (χ0n) is 59.0. The number of carboxylic acid groups (broad SMARTS) is 1. The summed E-state index contributed by atoms with van der Waals surface area (Å²) in [6.45, 7) is 31.5. The first-order valence-electron chi connectivity index (χ1n) is 34.6. The number of carbonyl (C=O) groups excluding carboxylic acids is 2. The van der Waals surface area contributed by atoms with Gasteiger partial charge in [0.05, 0.1) is 28.1 Å². The minimum absolute atomic E-state index is 0. The summed E-state index contributed by atoms with van der Waals surface area (Å²) in [6, 6.07) is 47.4. The van der Waals surface area contributed by atoms with E-state index in [4.69, 9.17) is 4.74 Å². The van der Waals surface area contributed by atoms with Crippen molar-refractivity contribution in [2.75, 3.05) is 110 Å². The van der Waals surface area contributed by atoms with E-state index >= 15 is 0 Å². The van der Waals surface area contributed by atoms with E-state index in [1.54, 1.807) is 11.1 Å². The number of piperidine rings is 2. The van der Waals surface area contributed by atoms with E-state index in [9.17, 15) is 30.0 Å². The maximum absolute atomic E-state index is 13.7. The molecule has 0 spiro atoms. The lowest BCUT2D eigenvalue weighted by molar-refractivity contribution is 0.0218. The van der Waals surface area contributed by atoms with Gasteiger partial charge in [-0.1, -0.05) is 69.5 Å². The molecule has 5 fully saturated rings. The van der Waals surface area contributed by atoms with Crippen molar-refractivity contribution >= 4 is 59.2 Å². The first kappa shape index (κ1) is 79.8. The van der Waals surface area contributed by atoms with Gasteiger partial charge in [0.1, 0.15) is 35.2 Å². The summed E-state index contributed by atoms with van der Waals surface area (Å²) in [6.07, 6.45) is 11.4. The number of ether oxygens (including phenoxy) is 1. The van der Waals surface area contributed by atoms with Crippen molar-refractivity contribution in [2.24, 2.45) is 11.8 Å². The number of amides is 2. The smallest absolute Gasteiger partial charge is 0.410 e. The van der Waals surface area contributed by atoms with Crippen molar-refractivity contribution < 1.29 is 24.2 Å². The highest BCUT2D eigenvalue weighted by molar-refractivity contribution is 5.96. The van der Waals surface area contributed by atoms with E-state index in [-0.39, 0.29) is 51.3 Å². The number of nitrogens with one attached hydrogen (secondary N) is 1. The van der Waals surface area contributed by atoms with Crippen LogP contribution in [0.5, 0.6) is 0 Å². The summed E-state index contributed by atoms with van der Waals surface area (Å²) in [5.41, 5.74) is 11.1. The largest absolute Gasteiger partial charge is 0.478 e. The second-order valence-corrected chi connectivity index (χ2v) is 27.6. The van der Waals surface area contributed by atoms with Crippen molar-refractivity contribution in [3.63, 3.8) is 0 Å². The Hall–Kier alpha value is -9.23. The van der Waals surface area contributed by atoms with Gasteiger partial charge in [0, 0.05) is 127 Å². The monoisotopic (exact) mass is 1380 g/mol. The number of aryl methyl sites for hydroxylation is 4. The number of benzene rings is 4. The van der Waals surface area contributed by atoms with Crippen LogP contribution in [0, 0.1) is 62.2 Å². The molecule has 3 aromatic heterocycles. The fourth-order valence-electron chi connectivity index (χ4n) is 14.0. The number of piperazine rings is 3. The average molecular weight is 1380 g/mol. The third-order valence-corrected chi connectivity index (χ3v) is 19.3. The van der Waals surface area contributed by atoms with Crippen molar-refractivity contribution in [1.82, 2.24) is 30.1 Å². The Kier molecular flexibility index (Phi) is 30.2. The number of hydrogen-bond acceptors (Lipinski definition) is 15. The highest BCUT2D eigenvalue weighted by atomic mass is 35.5. The van der Waals surface area contributed by atoms with Gasteiger partial charge in [-0.2, -0.15) is 10.5 Å². The number of nitriles is 2.